The highest BCUT2D eigenvalue weighted by Crippen LogP contribution is 2.34. The third-order valence-corrected chi connectivity index (χ3v) is 6.84. The fourth-order valence-corrected chi connectivity index (χ4v) is 4.89. The number of rotatable bonds is 10. The number of halogens is 1. The van der Waals surface area contributed by atoms with E-state index >= 15 is 0 Å². The summed E-state index contributed by atoms with van der Waals surface area (Å²) in [6, 6.07) is 4.32. The van der Waals surface area contributed by atoms with Crippen LogP contribution in [0.3, 0.4) is 0 Å². The van der Waals surface area contributed by atoms with Gasteiger partial charge in [-0.25, -0.2) is 19.3 Å². The zero-order valence-corrected chi connectivity index (χ0v) is 21.0. The van der Waals surface area contributed by atoms with Crippen molar-refractivity contribution in [1.29, 1.82) is 0 Å². The lowest BCUT2D eigenvalue weighted by Crippen LogP contribution is -2.36. The lowest BCUT2D eigenvalue weighted by atomic mass is 9.94. The van der Waals surface area contributed by atoms with Gasteiger partial charge in [-0.1, -0.05) is 17.8 Å². The smallest absolute Gasteiger partial charge is 0.280 e. The van der Waals surface area contributed by atoms with Gasteiger partial charge >= 0.3 is 0 Å². The molecule has 9 nitrogen and oxygen atoms in total. The van der Waals surface area contributed by atoms with Crippen LogP contribution in [-0.2, 0) is 4.74 Å². The van der Waals surface area contributed by atoms with Crippen LogP contribution >= 0.6 is 11.3 Å². The Morgan fingerprint density at radius 2 is 2.03 bits per heavy atom. The number of nitrogens with one attached hydrogen (secondary N) is 2. The van der Waals surface area contributed by atoms with Gasteiger partial charge in [-0.2, -0.15) is 0 Å². The number of ether oxygens (including phenoxy) is 2. The summed E-state index contributed by atoms with van der Waals surface area (Å²) in [7, 11) is 5.66. The Bertz CT molecular complexity index is 1160. The molecule has 1 amide bonds. The predicted octanol–water partition coefficient (Wildman–Crippen LogP) is 3.99. The van der Waals surface area contributed by atoms with Gasteiger partial charge in [0.05, 0.1) is 11.8 Å². The van der Waals surface area contributed by atoms with Gasteiger partial charge in [0.1, 0.15) is 34.3 Å². The van der Waals surface area contributed by atoms with Crippen LogP contribution in [0.15, 0.2) is 24.5 Å². The van der Waals surface area contributed by atoms with E-state index in [2.05, 4.69) is 30.5 Å². The summed E-state index contributed by atoms with van der Waals surface area (Å²) in [5.41, 5.74) is 1.02. The third-order valence-electron chi connectivity index (χ3n) is 5.88. The summed E-state index contributed by atoms with van der Waals surface area (Å²) >= 11 is 1.20. The summed E-state index contributed by atoms with van der Waals surface area (Å²) < 4.78 is 25.9. The quantitative estimate of drug-likeness (QED) is 0.402. The van der Waals surface area contributed by atoms with Crippen LogP contribution in [0, 0.1) is 5.82 Å². The van der Waals surface area contributed by atoms with E-state index in [9.17, 15) is 9.18 Å². The maximum atomic E-state index is 14.1. The van der Waals surface area contributed by atoms with Gasteiger partial charge in [0.15, 0.2) is 10.8 Å². The Balaban J connectivity index is 1.53. The van der Waals surface area contributed by atoms with Crippen LogP contribution in [0.5, 0.6) is 5.75 Å². The van der Waals surface area contributed by atoms with E-state index in [-0.39, 0.29) is 18.1 Å². The zero-order valence-electron chi connectivity index (χ0n) is 20.2. The summed E-state index contributed by atoms with van der Waals surface area (Å²) in [5, 5.41) is 6.41. The number of carbonyl (C=O) groups is 1. The van der Waals surface area contributed by atoms with Crippen molar-refractivity contribution in [1.82, 2.24) is 25.2 Å². The standard InChI is InChI=1S/C24H31FN6O3S/c1-31(2)12-6-11-26-22(32)24-30-20-21(27-14-28-23(20)35-24)29-16-10-9-15(25)13-19(16)34-18-8-5-4-7-17(18)33-3/h9-10,13-14,17-18H,4-8,11-12H2,1-3H3,(H,26,32)(H,27,28,29)/t17-,18?/m0/s1. The number of anilines is 2. The first-order valence-electron chi connectivity index (χ1n) is 11.7. The number of benzene rings is 1. The number of thiazole rings is 1. The van der Waals surface area contributed by atoms with Gasteiger partial charge in [0, 0.05) is 19.7 Å². The molecule has 0 radical (unpaired) electrons. The maximum absolute atomic E-state index is 14.1. The van der Waals surface area contributed by atoms with Crippen molar-refractivity contribution >= 4 is 39.1 Å². The third kappa shape index (κ3) is 6.41. The molecule has 188 valence electrons. The average Bonchev–Trinajstić information content (AvgIpc) is 3.29. The monoisotopic (exact) mass is 502 g/mol. The molecule has 0 aliphatic heterocycles. The van der Waals surface area contributed by atoms with Crippen LogP contribution in [0.25, 0.3) is 10.3 Å². The Morgan fingerprint density at radius 1 is 1.23 bits per heavy atom. The molecule has 1 saturated carbocycles. The van der Waals surface area contributed by atoms with Crippen LogP contribution in [0.2, 0.25) is 0 Å². The molecular formula is C24H31FN6O3S. The van der Waals surface area contributed by atoms with Crippen LogP contribution < -0.4 is 15.4 Å². The molecular weight excluding hydrogens is 471 g/mol. The Kier molecular flexibility index (Phi) is 8.42. The van der Waals surface area contributed by atoms with E-state index in [4.69, 9.17) is 9.47 Å². The van der Waals surface area contributed by atoms with Crippen molar-refractivity contribution in [3.63, 3.8) is 0 Å². The lowest BCUT2D eigenvalue weighted by molar-refractivity contribution is -0.0227. The minimum Gasteiger partial charge on any atom is -0.485 e. The number of nitrogens with zero attached hydrogens (tertiary/aromatic N) is 4. The van der Waals surface area contributed by atoms with E-state index in [0.717, 1.165) is 38.6 Å². The number of amides is 1. The minimum absolute atomic E-state index is 0.0389. The topological polar surface area (TPSA) is 102 Å². The normalized spacial score (nSPS) is 18.1. The Hall–Kier alpha value is -2.89. The van der Waals surface area contributed by atoms with Crippen molar-refractivity contribution in [3.8, 4) is 5.75 Å². The summed E-state index contributed by atoms with van der Waals surface area (Å²) in [4.78, 5) is 28.3. The molecule has 1 aliphatic rings. The van der Waals surface area contributed by atoms with Crippen LogP contribution in [0.4, 0.5) is 15.9 Å². The molecule has 11 heteroatoms. The fourth-order valence-electron chi connectivity index (χ4n) is 4.07. The molecule has 2 aromatic heterocycles. The summed E-state index contributed by atoms with van der Waals surface area (Å²) in [5.74, 6) is 0.151. The molecule has 0 spiro atoms. The summed E-state index contributed by atoms with van der Waals surface area (Å²) in [6.45, 7) is 1.44. The lowest BCUT2D eigenvalue weighted by Gasteiger charge is -2.31. The molecule has 1 unspecified atom stereocenters. The second kappa shape index (κ2) is 11.7. The number of methoxy groups -OCH3 is 1. The van der Waals surface area contributed by atoms with Crippen molar-refractivity contribution in [2.24, 2.45) is 0 Å². The van der Waals surface area contributed by atoms with E-state index in [1.165, 1.54) is 29.8 Å². The average molecular weight is 503 g/mol. The first-order valence-corrected chi connectivity index (χ1v) is 12.6. The number of hydrogen-bond donors (Lipinski definition) is 2. The molecule has 3 aromatic rings. The molecule has 1 fully saturated rings. The highest BCUT2D eigenvalue weighted by molar-refractivity contribution is 7.19. The van der Waals surface area contributed by atoms with E-state index in [0.29, 0.717) is 39.2 Å². The van der Waals surface area contributed by atoms with E-state index in [1.807, 2.05) is 14.1 Å². The van der Waals surface area contributed by atoms with Crippen LogP contribution in [-0.4, -0.2) is 72.3 Å². The van der Waals surface area contributed by atoms with E-state index in [1.54, 1.807) is 13.2 Å². The second-order valence-corrected chi connectivity index (χ2v) is 9.77. The summed E-state index contributed by atoms with van der Waals surface area (Å²) in [6.07, 6.45) is 5.92. The first-order chi connectivity index (χ1) is 16.9. The van der Waals surface area contributed by atoms with Gasteiger partial charge < -0.3 is 25.0 Å². The highest BCUT2D eigenvalue weighted by Gasteiger charge is 2.27. The van der Waals surface area contributed by atoms with Crippen molar-refractivity contribution in [3.05, 3.63) is 35.4 Å². The molecule has 1 aliphatic carbocycles. The molecule has 0 bridgehead atoms. The number of hydrogen-bond acceptors (Lipinski definition) is 9. The van der Waals surface area contributed by atoms with Gasteiger partial charge in [0.2, 0.25) is 0 Å². The number of carbonyl (C=O) groups excluding carboxylic acids is 1. The molecule has 0 saturated heterocycles. The van der Waals surface area contributed by atoms with Crippen molar-refractivity contribution in [2.45, 2.75) is 44.3 Å². The number of aromatic nitrogens is 3. The molecule has 2 heterocycles. The molecule has 2 atom stereocenters. The minimum atomic E-state index is -0.398. The van der Waals surface area contributed by atoms with Crippen molar-refractivity contribution in [2.75, 3.05) is 39.6 Å². The molecule has 2 N–H and O–H groups in total. The second-order valence-electron chi connectivity index (χ2n) is 8.79. The van der Waals surface area contributed by atoms with Gasteiger partial charge in [-0.05, 0) is 58.5 Å². The Morgan fingerprint density at radius 3 is 2.80 bits per heavy atom. The van der Waals surface area contributed by atoms with Crippen LogP contribution in [0.1, 0.15) is 41.9 Å². The van der Waals surface area contributed by atoms with Gasteiger partial charge in [-0.3, -0.25) is 4.79 Å². The maximum Gasteiger partial charge on any atom is 0.280 e. The zero-order chi connectivity index (χ0) is 24.8. The molecule has 1 aromatic carbocycles. The highest BCUT2D eigenvalue weighted by atomic mass is 32.1. The van der Waals surface area contributed by atoms with Gasteiger partial charge in [0.25, 0.3) is 5.91 Å². The fraction of sp³-hybridized carbons (Fsp3) is 0.500. The Labute approximate surface area is 208 Å². The predicted molar refractivity (Wildman–Crippen MR) is 134 cm³/mol. The SMILES string of the molecule is CO[C@H]1CCCCC1Oc1cc(F)ccc1Nc1ncnc2sc(C(=O)NCCCN(C)C)nc12. The first kappa shape index (κ1) is 25.2. The van der Waals surface area contributed by atoms with Gasteiger partial charge in [-0.15, -0.1) is 0 Å². The molecule has 35 heavy (non-hydrogen) atoms. The molecule has 4 rings (SSSR count). The largest absolute Gasteiger partial charge is 0.485 e. The van der Waals surface area contributed by atoms with E-state index < -0.39 is 5.82 Å². The van der Waals surface area contributed by atoms with Crippen molar-refractivity contribution < 1.29 is 18.7 Å². The number of fused-ring (bicyclic) bond motifs is 1.